The smallest absolute Gasteiger partial charge is 0.183 e. The van der Waals surface area contributed by atoms with Crippen molar-refractivity contribution in [1.29, 1.82) is 0 Å². The van der Waals surface area contributed by atoms with Crippen LogP contribution in [0.4, 0.5) is 0 Å². The lowest BCUT2D eigenvalue weighted by Crippen LogP contribution is -2.29. The third-order valence-electron chi connectivity index (χ3n) is 3.73. The van der Waals surface area contributed by atoms with Crippen LogP contribution in [0.2, 0.25) is 0 Å². The summed E-state index contributed by atoms with van der Waals surface area (Å²) in [5.74, 6) is 0.413. The predicted molar refractivity (Wildman–Crippen MR) is 73.6 cm³/mol. The zero-order valence-corrected chi connectivity index (χ0v) is 12.2. The van der Waals surface area contributed by atoms with Gasteiger partial charge < -0.3 is 5.32 Å². The Morgan fingerprint density at radius 1 is 1.33 bits per heavy atom. The van der Waals surface area contributed by atoms with E-state index in [0.717, 1.165) is 12.1 Å². The zero-order chi connectivity index (χ0) is 13.5. The molecule has 0 fully saturated rings. The Balaban J connectivity index is 2.58. The summed E-state index contributed by atoms with van der Waals surface area (Å²) in [4.78, 5) is 0.505. The van der Waals surface area contributed by atoms with Crippen LogP contribution >= 0.6 is 0 Å². The van der Waals surface area contributed by atoms with Gasteiger partial charge in [-0.25, -0.2) is 8.42 Å². The molecular weight excluding hydrogens is 246 g/mol. The molecule has 4 heteroatoms. The number of rotatable bonds is 3. The molecular formula is C14H21NO2S. The highest BCUT2D eigenvalue weighted by molar-refractivity contribution is 7.92. The number of hydrogen-bond donors (Lipinski definition) is 1. The monoisotopic (exact) mass is 267 g/mol. The van der Waals surface area contributed by atoms with Crippen molar-refractivity contribution < 1.29 is 8.42 Å². The maximum absolute atomic E-state index is 12.3. The normalized spacial score (nSPS) is 25.4. The van der Waals surface area contributed by atoms with Crippen LogP contribution in [0.15, 0.2) is 23.1 Å². The van der Waals surface area contributed by atoms with Gasteiger partial charge in [-0.3, -0.25) is 0 Å². The van der Waals surface area contributed by atoms with E-state index in [0.29, 0.717) is 10.8 Å². The van der Waals surface area contributed by atoms with E-state index in [1.807, 2.05) is 19.1 Å². The molecule has 1 aliphatic rings. The number of nitrogens with one attached hydrogen (secondary N) is 1. The lowest BCUT2D eigenvalue weighted by molar-refractivity contribution is 0.529. The lowest BCUT2D eigenvalue weighted by atomic mass is 9.97. The van der Waals surface area contributed by atoms with Crippen molar-refractivity contribution in [2.75, 3.05) is 6.54 Å². The molecule has 0 bridgehead atoms. The average Bonchev–Trinajstić information content (AvgIpc) is 2.51. The molecule has 1 aromatic rings. The molecule has 0 amide bonds. The van der Waals surface area contributed by atoms with Crippen LogP contribution in [-0.2, 0) is 9.84 Å². The maximum Gasteiger partial charge on any atom is 0.183 e. The van der Waals surface area contributed by atoms with Gasteiger partial charge in [0.2, 0.25) is 0 Å². The summed E-state index contributed by atoms with van der Waals surface area (Å²) in [6.45, 7) is 8.81. The fraction of sp³-hybridized carbons (Fsp3) is 0.571. The molecule has 1 aliphatic heterocycles. The fourth-order valence-corrected chi connectivity index (χ4v) is 4.33. The van der Waals surface area contributed by atoms with Crippen molar-refractivity contribution in [2.24, 2.45) is 0 Å². The first-order valence-corrected chi connectivity index (χ1v) is 8.05. The summed E-state index contributed by atoms with van der Waals surface area (Å²) in [6.07, 6.45) is 0. The summed E-state index contributed by atoms with van der Waals surface area (Å²) >= 11 is 0. The summed E-state index contributed by atoms with van der Waals surface area (Å²) in [5, 5.41) is 2.91. The highest BCUT2D eigenvalue weighted by atomic mass is 32.2. The summed E-state index contributed by atoms with van der Waals surface area (Å²) in [7, 11) is -3.16. The molecule has 0 aromatic heterocycles. The second-order valence-corrected chi connectivity index (χ2v) is 7.51. The largest absolute Gasteiger partial charge is 0.309 e. The van der Waals surface area contributed by atoms with Gasteiger partial charge in [0, 0.05) is 0 Å². The molecule has 2 atom stereocenters. The van der Waals surface area contributed by atoms with Crippen LogP contribution < -0.4 is 5.32 Å². The highest BCUT2D eigenvalue weighted by Crippen LogP contribution is 2.40. The van der Waals surface area contributed by atoms with Crippen LogP contribution in [0.3, 0.4) is 0 Å². The second-order valence-electron chi connectivity index (χ2n) is 5.24. The third-order valence-corrected chi connectivity index (χ3v) is 5.96. The quantitative estimate of drug-likeness (QED) is 0.915. The average molecular weight is 267 g/mol. The summed E-state index contributed by atoms with van der Waals surface area (Å²) in [5.41, 5.74) is 2.14. The molecule has 1 N–H and O–H groups in total. The Kier molecular flexibility index (Phi) is 3.52. The minimum Gasteiger partial charge on any atom is -0.309 e. The van der Waals surface area contributed by atoms with Crippen molar-refractivity contribution in [3.05, 3.63) is 29.3 Å². The Morgan fingerprint density at radius 3 is 2.56 bits per heavy atom. The maximum atomic E-state index is 12.3. The molecule has 2 rings (SSSR count). The molecule has 0 saturated heterocycles. The predicted octanol–water partition coefficient (Wildman–Crippen LogP) is 2.64. The molecule has 18 heavy (non-hydrogen) atoms. The van der Waals surface area contributed by atoms with E-state index >= 15 is 0 Å². The van der Waals surface area contributed by atoms with Gasteiger partial charge in [-0.2, -0.15) is 0 Å². The van der Waals surface area contributed by atoms with Crippen LogP contribution in [0.5, 0.6) is 0 Å². The van der Waals surface area contributed by atoms with Gasteiger partial charge in [0.1, 0.15) is 0 Å². The lowest BCUT2D eigenvalue weighted by Gasteiger charge is -2.16. The first-order valence-electron chi connectivity index (χ1n) is 6.50. The fourth-order valence-electron chi connectivity index (χ4n) is 2.56. The zero-order valence-electron chi connectivity index (χ0n) is 11.4. The van der Waals surface area contributed by atoms with Gasteiger partial charge in [-0.05, 0) is 36.6 Å². The standard InChI is InChI=1S/C14H21NO2S/c1-5-15-14-10(4)18(16,17)13-7-6-11(9(2)3)8-12(13)14/h6-10,14-15H,5H2,1-4H3. The molecule has 0 spiro atoms. The van der Waals surface area contributed by atoms with E-state index in [2.05, 4.69) is 19.2 Å². The van der Waals surface area contributed by atoms with Crippen LogP contribution in [0.1, 0.15) is 50.8 Å². The van der Waals surface area contributed by atoms with E-state index in [-0.39, 0.29) is 11.3 Å². The summed E-state index contributed by atoms with van der Waals surface area (Å²) < 4.78 is 24.6. The first kappa shape index (κ1) is 13.6. The minimum absolute atomic E-state index is 0.0753. The van der Waals surface area contributed by atoms with Crippen LogP contribution in [-0.4, -0.2) is 20.2 Å². The molecule has 100 valence electrons. The molecule has 0 saturated carbocycles. The van der Waals surface area contributed by atoms with E-state index in [9.17, 15) is 8.42 Å². The number of hydrogen-bond acceptors (Lipinski definition) is 3. The first-order chi connectivity index (χ1) is 8.39. The third kappa shape index (κ3) is 1.97. The van der Waals surface area contributed by atoms with E-state index in [1.165, 1.54) is 5.56 Å². The van der Waals surface area contributed by atoms with Crippen molar-refractivity contribution >= 4 is 9.84 Å². The van der Waals surface area contributed by atoms with Gasteiger partial charge >= 0.3 is 0 Å². The van der Waals surface area contributed by atoms with Gasteiger partial charge in [0.05, 0.1) is 16.2 Å². The van der Waals surface area contributed by atoms with Crippen LogP contribution in [0.25, 0.3) is 0 Å². The van der Waals surface area contributed by atoms with E-state index < -0.39 is 9.84 Å². The SMILES string of the molecule is CCNC1c2cc(C(C)C)ccc2S(=O)(=O)C1C. The van der Waals surface area contributed by atoms with E-state index in [4.69, 9.17) is 0 Å². The molecule has 1 heterocycles. The van der Waals surface area contributed by atoms with Crippen molar-refractivity contribution in [3.8, 4) is 0 Å². The Bertz CT molecular complexity index is 549. The Labute approximate surface area is 110 Å². The molecule has 0 aliphatic carbocycles. The number of sulfone groups is 1. The number of fused-ring (bicyclic) bond motifs is 1. The topological polar surface area (TPSA) is 46.2 Å². The Morgan fingerprint density at radius 2 is 2.00 bits per heavy atom. The molecule has 3 nitrogen and oxygen atoms in total. The van der Waals surface area contributed by atoms with Crippen molar-refractivity contribution in [3.63, 3.8) is 0 Å². The molecule has 1 aromatic carbocycles. The van der Waals surface area contributed by atoms with Crippen LogP contribution in [0, 0.1) is 0 Å². The van der Waals surface area contributed by atoms with Gasteiger partial charge in [0.25, 0.3) is 0 Å². The molecule has 0 radical (unpaired) electrons. The van der Waals surface area contributed by atoms with E-state index in [1.54, 1.807) is 13.0 Å². The molecule has 2 unspecified atom stereocenters. The second kappa shape index (κ2) is 4.67. The van der Waals surface area contributed by atoms with Gasteiger partial charge in [-0.15, -0.1) is 0 Å². The summed E-state index contributed by atoms with van der Waals surface area (Å²) in [6, 6.07) is 5.68. The number of benzene rings is 1. The van der Waals surface area contributed by atoms with Crippen molar-refractivity contribution in [1.82, 2.24) is 5.32 Å². The van der Waals surface area contributed by atoms with Gasteiger partial charge in [0.15, 0.2) is 9.84 Å². The minimum atomic E-state index is -3.16. The van der Waals surface area contributed by atoms with Crippen molar-refractivity contribution in [2.45, 2.75) is 49.8 Å². The highest BCUT2D eigenvalue weighted by Gasteiger charge is 2.41. The Hall–Kier alpha value is -0.870. The van der Waals surface area contributed by atoms with Gasteiger partial charge in [-0.1, -0.05) is 32.9 Å².